The van der Waals surface area contributed by atoms with Gasteiger partial charge in [0, 0.05) is 0 Å². The Morgan fingerprint density at radius 2 is 0.906 bits per heavy atom. The van der Waals surface area contributed by atoms with Crippen LogP contribution >= 0.6 is 0 Å². The van der Waals surface area contributed by atoms with E-state index in [1.54, 1.807) is 0 Å². The van der Waals surface area contributed by atoms with E-state index in [0.29, 0.717) is 24.0 Å². The molecule has 0 aromatic heterocycles. The van der Waals surface area contributed by atoms with Crippen molar-refractivity contribution >= 4 is 11.1 Å². The van der Waals surface area contributed by atoms with Crippen LogP contribution in [-0.4, -0.2) is 12.7 Å². The van der Waals surface area contributed by atoms with Crippen molar-refractivity contribution in [2.45, 2.75) is 97.2 Å². The molecule has 0 atom stereocenters. The average molecular weight is 743 g/mol. The molecule has 2 nitrogen and oxygen atoms in total. The van der Waals surface area contributed by atoms with Crippen LogP contribution in [0.4, 0.5) is 35.1 Å². The van der Waals surface area contributed by atoms with Crippen LogP contribution in [0.1, 0.15) is 90.5 Å². The fourth-order valence-electron chi connectivity index (χ4n) is 6.64. The zero-order valence-electron chi connectivity index (χ0n) is 29.7. The second kappa shape index (κ2) is 17.5. The first kappa shape index (κ1) is 39.6. The van der Waals surface area contributed by atoms with Crippen LogP contribution in [0.25, 0.3) is 11.1 Å². The topological polar surface area (TPSA) is 18.5 Å². The first-order valence-electron chi connectivity index (χ1n) is 17.9. The summed E-state index contributed by atoms with van der Waals surface area (Å²) in [6.07, 6.45) is 3.45. The zero-order valence-corrected chi connectivity index (χ0v) is 29.7. The molecule has 10 heteroatoms. The zero-order chi connectivity index (χ0) is 38.2. The quantitative estimate of drug-likeness (QED) is 0.113. The maximum Gasteiger partial charge on any atom is 0.573 e. The van der Waals surface area contributed by atoms with E-state index in [-0.39, 0.29) is 24.0 Å². The summed E-state index contributed by atoms with van der Waals surface area (Å²) in [6, 6.07) is 21.8. The smallest absolute Gasteiger partial charge is 0.403 e. The van der Waals surface area contributed by atoms with E-state index in [1.807, 2.05) is 12.2 Å². The highest BCUT2D eigenvalue weighted by atomic mass is 19.4. The lowest BCUT2D eigenvalue weighted by molar-refractivity contribution is -0.276. The van der Waals surface area contributed by atoms with E-state index < -0.39 is 35.9 Å². The Hall–Kier alpha value is -4.60. The van der Waals surface area contributed by atoms with Crippen LogP contribution in [0.5, 0.6) is 11.5 Å². The molecule has 0 fully saturated rings. The largest absolute Gasteiger partial charge is 0.573 e. The standard InChI is InChI=1S/C22H22F4O.C21H20F4O/c1-2-3-4-5-15-6-8-16(9-7-15)17-10-12-19-18(14-17)11-13-20(21(19)23)27-22(24,25)26;1-2-3-4-14-5-7-15(8-6-14)16-9-11-18-17(13-16)10-12-19(20(18)22)26-21(23,24)25/h6-11,13H,2-5,12,14H2,1H3;5-10,12H,2-4,11,13H2,1H3. The highest BCUT2D eigenvalue weighted by Gasteiger charge is 2.34. The van der Waals surface area contributed by atoms with Gasteiger partial charge < -0.3 is 9.47 Å². The molecule has 0 spiro atoms. The lowest BCUT2D eigenvalue weighted by atomic mass is 9.87. The van der Waals surface area contributed by atoms with Crippen molar-refractivity contribution in [2.75, 3.05) is 0 Å². The first-order chi connectivity index (χ1) is 25.2. The van der Waals surface area contributed by atoms with Crippen LogP contribution in [-0.2, 0) is 38.5 Å². The monoisotopic (exact) mass is 742 g/mol. The molecule has 0 bridgehead atoms. The third kappa shape index (κ3) is 11.0. The molecule has 0 amide bonds. The molecule has 0 saturated heterocycles. The predicted octanol–water partition coefficient (Wildman–Crippen LogP) is 12.9. The fraction of sp³-hybridized carbons (Fsp3) is 0.349. The van der Waals surface area contributed by atoms with E-state index in [9.17, 15) is 35.1 Å². The molecule has 4 aromatic carbocycles. The van der Waals surface area contributed by atoms with E-state index in [2.05, 4.69) is 71.9 Å². The molecular weight excluding hydrogens is 700 g/mol. The van der Waals surface area contributed by atoms with E-state index in [1.165, 1.54) is 42.5 Å². The molecule has 2 aliphatic rings. The molecule has 0 unspecified atom stereocenters. The SMILES string of the molecule is CCCCCc1ccc(C2=CCc3c(ccc(OC(F)(F)F)c3F)C2)cc1.CCCCc1ccc(C2=CCc3c(ccc(OC(F)(F)F)c3F)C2)cc1. The first-order valence-corrected chi connectivity index (χ1v) is 17.9. The maximum absolute atomic E-state index is 14.4. The highest BCUT2D eigenvalue weighted by Crippen LogP contribution is 2.36. The van der Waals surface area contributed by atoms with Gasteiger partial charge in [-0.3, -0.25) is 0 Å². The van der Waals surface area contributed by atoms with Gasteiger partial charge in [-0.05, 0) is 119 Å². The van der Waals surface area contributed by atoms with Crippen molar-refractivity contribution in [1.29, 1.82) is 0 Å². The maximum atomic E-state index is 14.4. The van der Waals surface area contributed by atoms with E-state index in [4.69, 9.17) is 0 Å². The number of ether oxygens (including phenoxy) is 2. The number of hydrogen-bond donors (Lipinski definition) is 0. The van der Waals surface area contributed by atoms with Crippen LogP contribution in [0, 0.1) is 11.6 Å². The average Bonchev–Trinajstić information content (AvgIpc) is 3.13. The number of fused-ring (bicyclic) bond motifs is 2. The van der Waals surface area contributed by atoms with Gasteiger partial charge in [-0.15, -0.1) is 26.3 Å². The summed E-state index contributed by atoms with van der Waals surface area (Å²) < 4.78 is 110. The minimum Gasteiger partial charge on any atom is -0.403 e. The minimum absolute atomic E-state index is 0.253. The summed E-state index contributed by atoms with van der Waals surface area (Å²) in [5, 5.41) is 0. The summed E-state index contributed by atoms with van der Waals surface area (Å²) in [5.41, 5.74) is 8.78. The van der Waals surface area contributed by atoms with Crippen LogP contribution in [0.15, 0.2) is 84.9 Å². The third-order valence-corrected chi connectivity index (χ3v) is 9.47. The number of rotatable bonds is 11. The highest BCUT2D eigenvalue weighted by molar-refractivity contribution is 5.72. The number of halogens is 8. The summed E-state index contributed by atoms with van der Waals surface area (Å²) in [4.78, 5) is 0. The molecule has 0 saturated carbocycles. The fourth-order valence-corrected chi connectivity index (χ4v) is 6.64. The molecule has 0 radical (unpaired) electrons. The van der Waals surface area contributed by atoms with Crippen molar-refractivity contribution < 1.29 is 44.6 Å². The van der Waals surface area contributed by atoms with Crippen molar-refractivity contribution in [1.82, 2.24) is 0 Å². The van der Waals surface area contributed by atoms with Gasteiger partial charge in [-0.1, -0.05) is 106 Å². The predicted molar refractivity (Wildman–Crippen MR) is 192 cm³/mol. The molecular formula is C43H42F8O2. The summed E-state index contributed by atoms with van der Waals surface area (Å²) >= 11 is 0. The van der Waals surface area contributed by atoms with Crippen molar-refractivity contribution in [2.24, 2.45) is 0 Å². The molecule has 0 aliphatic heterocycles. The van der Waals surface area contributed by atoms with Crippen molar-refractivity contribution in [3.8, 4) is 11.5 Å². The van der Waals surface area contributed by atoms with Gasteiger partial charge in [0.05, 0.1) is 0 Å². The van der Waals surface area contributed by atoms with Crippen molar-refractivity contribution in [3.05, 3.63) is 141 Å². The minimum atomic E-state index is -4.90. The van der Waals surface area contributed by atoms with Crippen LogP contribution in [0.3, 0.4) is 0 Å². The molecule has 53 heavy (non-hydrogen) atoms. The normalized spacial score (nSPS) is 13.9. The summed E-state index contributed by atoms with van der Waals surface area (Å²) in [5.74, 6) is -3.39. The Bertz CT molecular complexity index is 1900. The second-order valence-electron chi connectivity index (χ2n) is 13.3. The third-order valence-electron chi connectivity index (χ3n) is 9.47. The number of benzene rings is 4. The van der Waals surface area contributed by atoms with E-state index in [0.717, 1.165) is 60.1 Å². The van der Waals surface area contributed by atoms with Crippen LogP contribution < -0.4 is 9.47 Å². The Morgan fingerprint density at radius 1 is 0.509 bits per heavy atom. The molecule has 4 aromatic rings. The Kier molecular flexibility index (Phi) is 13.1. The van der Waals surface area contributed by atoms with Gasteiger partial charge in [0.25, 0.3) is 0 Å². The number of aryl methyl sites for hydroxylation is 2. The number of unbranched alkanes of at least 4 members (excludes halogenated alkanes) is 3. The second-order valence-corrected chi connectivity index (χ2v) is 13.3. The van der Waals surface area contributed by atoms with Gasteiger partial charge in [0.2, 0.25) is 0 Å². The molecule has 0 N–H and O–H groups in total. The molecule has 2 aliphatic carbocycles. The van der Waals surface area contributed by atoms with Gasteiger partial charge >= 0.3 is 12.7 Å². The summed E-state index contributed by atoms with van der Waals surface area (Å²) in [6.45, 7) is 4.33. The van der Waals surface area contributed by atoms with Gasteiger partial charge in [-0.2, -0.15) is 0 Å². The molecule has 6 rings (SSSR count). The Balaban J connectivity index is 0.000000204. The van der Waals surface area contributed by atoms with Gasteiger partial charge in [0.1, 0.15) is 0 Å². The van der Waals surface area contributed by atoms with Crippen molar-refractivity contribution in [3.63, 3.8) is 0 Å². The summed E-state index contributed by atoms with van der Waals surface area (Å²) in [7, 11) is 0. The van der Waals surface area contributed by atoms with Crippen LogP contribution in [0.2, 0.25) is 0 Å². The number of allylic oxidation sites excluding steroid dienone is 4. The van der Waals surface area contributed by atoms with Gasteiger partial charge in [-0.25, -0.2) is 8.78 Å². The van der Waals surface area contributed by atoms with Gasteiger partial charge in [0.15, 0.2) is 23.1 Å². The lowest BCUT2D eigenvalue weighted by Crippen LogP contribution is -2.19. The molecule has 282 valence electrons. The lowest BCUT2D eigenvalue weighted by Gasteiger charge is -2.20. The Labute approximate surface area is 305 Å². The van der Waals surface area contributed by atoms with E-state index >= 15 is 0 Å². The number of alkyl halides is 6. The molecule has 0 heterocycles. The Morgan fingerprint density at radius 3 is 1.28 bits per heavy atom. The number of hydrogen-bond acceptors (Lipinski definition) is 2.